The van der Waals surface area contributed by atoms with E-state index >= 15 is 0 Å². The van der Waals surface area contributed by atoms with Gasteiger partial charge in [-0.05, 0) is 30.3 Å². The lowest BCUT2D eigenvalue weighted by Gasteiger charge is -2.25. The van der Waals surface area contributed by atoms with Crippen LogP contribution in [0.2, 0.25) is 0 Å². The molecule has 0 aliphatic heterocycles. The molecule has 3 N–H and O–H groups in total. The van der Waals surface area contributed by atoms with Gasteiger partial charge in [0, 0.05) is 25.9 Å². The minimum Gasteiger partial charge on any atom is -0.399 e. The molecule has 1 aromatic carbocycles. The molecule has 1 unspecified atom stereocenters. The maximum absolute atomic E-state index is 12.4. The summed E-state index contributed by atoms with van der Waals surface area (Å²) in [7, 11) is 5.74. The molecule has 0 amide bonds. The lowest BCUT2D eigenvalue weighted by atomic mass is 10.1. The molecule has 0 aliphatic carbocycles. The Balaban J connectivity index is 2.47. The van der Waals surface area contributed by atoms with Crippen molar-refractivity contribution in [2.45, 2.75) is 13.2 Å². The second-order valence-corrected chi connectivity index (χ2v) is 9.01. The second-order valence-electron chi connectivity index (χ2n) is 7.23. The summed E-state index contributed by atoms with van der Waals surface area (Å²) in [5.74, 6) is 0. The van der Waals surface area contributed by atoms with Gasteiger partial charge in [0.05, 0.1) is 34.4 Å². The molecular weight excluding hydrogens is 357 g/mol. The fraction of sp³-hybridized carbons (Fsp3) is 0.647. The molecule has 0 saturated heterocycles. The van der Waals surface area contributed by atoms with Gasteiger partial charge < -0.3 is 15.3 Å². The van der Waals surface area contributed by atoms with Gasteiger partial charge in [-0.25, -0.2) is 4.57 Å². The molecule has 0 saturated carbocycles. The highest BCUT2D eigenvalue weighted by Gasteiger charge is 2.26. The molecule has 0 bridgehead atoms. The van der Waals surface area contributed by atoms with Crippen LogP contribution in [-0.2, 0) is 31.3 Å². The predicted molar refractivity (Wildman–Crippen MR) is 103 cm³/mol. The maximum Gasteiger partial charge on any atom is 0.474 e. The van der Waals surface area contributed by atoms with E-state index in [1.165, 1.54) is 7.11 Å². The van der Waals surface area contributed by atoms with E-state index in [2.05, 4.69) is 0 Å². The number of hydrogen-bond donors (Lipinski definition) is 2. The van der Waals surface area contributed by atoms with Crippen molar-refractivity contribution in [3.8, 4) is 0 Å². The number of hydrogen-bond acceptors (Lipinski definition) is 7. The highest BCUT2D eigenvalue weighted by Crippen LogP contribution is 2.48. The molecule has 0 radical (unpaired) electrons. The average Bonchev–Trinajstić information content (AvgIpc) is 2.54. The number of quaternary nitrogens is 1. The molecule has 150 valence electrons. The van der Waals surface area contributed by atoms with Crippen LogP contribution < -0.4 is 5.73 Å². The van der Waals surface area contributed by atoms with Gasteiger partial charge in [-0.2, -0.15) is 0 Å². The van der Waals surface area contributed by atoms with Crippen LogP contribution in [0.4, 0.5) is 5.69 Å². The first kappa shape index (κ1) is 23.0. The van der Waals surface area contributed by atoms with Crippen LogP contribution in [0.3, 0.4) is 0 Å². The molecule has 0 aliphatic rings. The van der Waals surface area contributed by atoms with Crippen LogP contribution in [0, 0.1) is 0 Å². The third kappa shape index (κ3) is 8.60. The SMILES string of the molecule is COP(=O)(OCCN(C)Cc1cc(N)ccc1CO)OCC[N+](C)(C)C. The lowest BCUT2D eigenvalue weighted by Crippen LogP contribution is -2.37. The van der Waals surface area contributed by atoms with Gasteiger partial charge in [0.15, 0.2) is 0 Å². The topological polar surface area (TPSA) is 94.3 Å². The Hall–Kier alpha value is -0.990. The largest absolute Gasteiger partial charge is 0.474 e. The average molecular weight is 390 g/mol. The number of phosphoric acid groups is 1. The van der Waals surface area contributed by atoms with E-state index < -0.39 is 7.82 Å². The first-order valence-corrected chi connectivity index (χ1v) is 9.96. The monoisotopic (exact) mass is 390 g/mol. The number of phosphoric ester groups is 1. The molecular formula is C17H33N3O5P+. The van der Waals surface area contributed by atoms with Gasteiger partial charge in [0.1, 0.15) is 13.2 Å². The van der Waals surface area contributed by atoms with Gasteiger partial charge in [-0.15, -0.1) is 0 Å². The van der Waals surface area contributed by atoms with Crippen LogP contribution >= 0.6 is 7.82 Å². The number of nitrogens with two attached hydrogens (primary N) is 1. The van der Waals surface area contributed by atoms with E-state index in [1.54, 1.807) is 6.07 Å². The van der Waals surface area contributed by atoms with Crippen molar-refractivity contribution in [1.29, 1.82) is 0 Å². The van der Waals surface area contributed by atoms with E-state index in [-0.39, 0.29) is 19.8 Å². The van der Waals surface area contributed by atoms with Gasteiger partial charge in [0.2, 0.25) is 0 Å². The Morgan fingerprint density at radius 3 is 2.42 bits per heavy atom. The zero-order chi connectivity index (χ0) is 19.8. The van der Waals surface area contributed by atoms with E-state index in [1.807, 2.05) is 45.2 Å². The normalized spacial score (nSPS) is 14.6. The third-order valence-corrected chi connectivity index (χ3v) is 5.24. The van der Waals surface area contributed by atoms with Gasteiger partial charge in [0.25, 0.3) is 0 Å². The number of benzene rings is 1. The van der Waals surface area contributed by atoms with Crippen molar-refractivity contribution in [2.24, 2.45) is 0 Å². The molecule has 0 fully saturated rings. The fourth-order valence-electron chi connectivity index (χ4n) is 2.19. The van der Waals surface area contributed by atoms with Crippen LogP contribution in [0.15, 0.2) is 18.2 Å². The molecule has 0 heterocycles. The number of aliphatic hydroxyl groups is 1. The van der Waals surface area contributed by atoms with Crippen molar-refractivity contribution >= 4 is 13.5 Å². The second kappa shape index (κ2) is 10.4. The zero-order valence-corrected chi connectivity index (χ0v) is 17.4. The summed E-state index contributed by atoms with van der Waals surface area (Å²) >= 11 is 0. The summed E-state index contributed by atoms with van der Waals surface area (Å²) in [4.78, 5) is 1.99. The number of nitrogen functional groups attached to an aromatic ring is 1. The third-order valence-electron chi connectivity index (χ3n) is 3.80. The maximum atomic E-state index is 12.4. The van der Waals surface area contributed by atoms with Crippen molar-refractivity contribution in [1.82, 2.24) is 4.90 Å². The number of rotatable bonds is 12. The van der Waals surface area contributed by atoms with Crippen LogP contribution in [0.5, 0.6) is 0 Å². The summed E-state index contributed by atoms with van der Waals surface area (Å²) in [5, 5.41) is 9.42. The van der Waals surface area contributed by atoms with E-state index in [0.717, 1.165) is 11.1 Å². The Morgan fingerprint density at radius 1 is 1.19 bits per heavy atom. The Labute approximate surface area is 156 Å². The smallest absolute Gasteiger partial charge is 0.399 e. The summed E-state index contributed by atoms with van der Waals surface area (Å²) in [6.07, 6.45) is 0. The molecule has 9 heteroatoms. The number of nitrogens with zero attached hydrogens (tertiary/aromatic N) is 2. The standard InChI is InChI=1S/C17H33N3O5P/c1-19(13-16-12-17(18)7-6-15(16)14-21)8-10-24-26(22,23-5)25-11-9-20(2,3)4/h6-7,12,21H,8-11,13-14,18H2,1-5H3/q+1. The first-order valence-electron chi connectivity index (χ1n) is 8.50. The minimum absolute atomic E-state index is 0.0427. The van der Waals surface area contributed by atoms with E-state index in [4.69, 9.17) is 19.3 Å². The molecule has 8 nitrogen and oxygen atoms in total. The van der Waals surface area contributed by atoms with Crippen molar-refractivity contribution in [3.63, 3.8) is 0 Å². The zero-order valence-electron chi connectivity index (χ0n) is 16.5. The van der Waals surface area contributed by atoms with Crippen molar-refractivity contribution in [2.75, 3.05) is 67.3 Å². The molecule has 26 heavy (non-hydrogen) atoms. The molecule has 1 atom stereocenters. The van der Waals surface area contributed by atoms with E-state index in [0.29, 0.717) is 29.8 Å². The quantitative estimate of drug-likeness (QED) is 0.319. The van der Waals surface area contributed by atoms with Crippen molar-refractivity contribution in [3.05, 3.63) is 29.3 Å². The molecule has 0 aromatic heterocycles. The molecule has 0 spiro atoms. The summed E-state index contributed by atoms with van der Waals surface area (Å²) in [5.41, 5.74) is 8.24. The Bertz CT molecular complexity index is 607. The van der Waals surface area contributed by atoms with Gasteiger partial charge >= 0.3 is 7.82 Å². The number of aliphatic hydroxyl groups excluding tert-OH is 1. The molecule has 1 aromatic rings. The van der Waals surface area contributed by atoms with E-state index in [9.17, 15) is 9.67 Å². The predicted octanol–water partition coefficient (Wildman–Crippen LogP) is 1.69. The Morgan fingerprint density at radius 2 is 1.85 bits per heavy atom. The van der Waals surface area contributed by atoms with Crippen LogP contribution in [-0.4, -0.2) is 76.1 Å². The first-order chi connectivity index (χ1) is 12.1. The lowest BCUT2D eigenvalue weighted by molar-refractivity contribution is -0.870. The highest BCUT2D eigenvalue weighted by molar-refractivity contribution is 7.48. The number of anilines is 1. The summed E-state index contributed by atoms with van der Waals surface area (Å²) in [6.45, 7) is 2.24. The summed E-state index contributed by atoms with van der Waals surface area (Å²) < 4.78 is 28.8. The van der Waals surface area contributed by atoms with Gasteiger partial charge in [-0.1, -0.05) is 6.07 Å². The fourth-order valence-corrected chi connectivity index (χ4v) is 3.09. The Kier molecular flexibility index (Phi) is 9.19. The van der Waals surface area contributed by atoms with Crippen LogP contribution in [0.25, 0.3) is 0 Å². The van der Waals surface area contributed by atoms with Crippen molar-refractivity contribution < 1.29 is 27.7 Å². The number of likely N-dealkylation sites (N-methyl/N-ethyl adjacent to an activating group) is 2. The van der Waals surface area contributed by atoms with Gasteiger partial charge in [-0.3, -0.25) is 18.5 Å². The summed E-state index contributed by atoms with van der Waals surface area (Å²) in [6, 6.07) is 5.42. The van der Waals surface area contributed by atoms with Crippen LogP contribution in [0.1, 0.15) is 11.1 Å². The highest BCUT2D eigenvalue weighted by atomic mass is 31.2. The minimum atomic E-state index is -3.54. The molecule has 1 rings (SSSR count).